The molecule has 4 nitrogen and oxygen atoms in total. The van der Waals surface area contributed by atoms with Crippen molar-refractivity contribution in [1.82, 2.24) is 4.31 Å². The smallest absolute Gasteiger partial charge is 0.236 e. The van der Waals surface area contributed by atoms with Crippen LogP contribution in [0.3, 0.4) is 0 Å². The predicted octanol–water partition coefficient (Wildman–Crippen LogP) is 3.62. The molecule has 24 heavy (non-hydrogen) atoms. The van der Waals surface area contributed by atoms with Gasteiger partial charge in [0.15, 0.2) is 0 Å². The van der Waals surface area contributed by atoms with E-state index in [1.165, 1.54) is 21.8 Å². The lowest BCUT2D eigenvalue weighted by molar-refractivity contribution is 0.388. The van der Waals surface area contributed by atoms with Crippen LogP contribution in [-0.4, -0.2) is 38.9 Å². The van der Waals surface area contributed by atoms with E-state index in [1.807, 2.05) is 0 Å². The topological polar surface area (TPSA) is 40.6 Å². The molecular weight excluding hydrogens is 327 g/mol. The summed E-state index contributed by atoms with van der Waals surface area (Å²) in [6.45, 7) is 8.30. The Bertz CT molecular complexity index is 661. The van der Waals surface area contributed by atoms with Crippen LogP contribution in [0.25, 0.3) is 0 Å². The lowest BCUT2D eigenvalue weighted by atomic mass is 9.89. The van der Waals surface area contributed by atoms with Gasteiger partial charge in [-0.3, -0.25) is 0 Å². The van der Waals surface area contributed by atoms with Crippen LogP contribution in [0.4, 0.5) is 10.1 Å². The van der Waals surface area contributed by atoms with Gasteiger partial charge in [0.1, 0.15) is 5.82 Å². The van der Waals surface area contributed by atoms with Gasteiger partial charge in [-0.15, -0.1) is 0 Å². The lowest BCUT2D eigenvalue weighted by Crippen LogP contribution is -2.48. The van der Waals surface area contributed by atoms with Crippen LogP contribution in [0.1, 0.15) is 33.6 Å². The Labute approximate surface area is 145 Å². The summed E-state index contributed by atoms with van der Waals surface area (Å²) in [4.78, 5) is 2.08. The molecule has 134 valence electrons. The number of anilines is 1. The number of hydrogen-bond donors (Lipinski definition) is 0. The average Bonchev–Trinajstić information content (AvgIpc) is 2.54. The number of rotatable bonds is 6. The minimum atomic E-state index is -3.38. The minimum absolute atomic E-state index is 0.113. The Balaban J connectivity index is 1.98. The first-order valence-corrected chi connectivity index (χ1v) is 9.94. The maximum absolute atomic E-state index is 13.0. The van der Waals surface area contributed by atoms with E-state index in [9.17, 15) is 12.8 Å². The molecule has 0 aliphatic carbocycles. The van der Waals surface area contributed by atoms with E-state index in [0.717, 1.165) is 18.5 Å². The van der Waals surface area contributed by atoms with E-state index in [-0.39, 0.29) is 11.2 Å². The molecule has 1 aliphatic heterocycles. The van der Waals surface area contributed by atoms with Gasteiger partial charge in [-0.25, -0.2) is 12.8 Å². The Morgan fingerprint density at radius 2 is 1.71 bits per heavy atom. The van der Waals surface area contributed by atoms with Crippen LogP contribution in [0, 0.1) is 11.2 Å². The first kappa shape index (κ1) is 18.9. The molecule has 0 radical (unpaired) electrons. The number of nitrogens with zero attached hydrogens (tertiary/aromatic N) is 2. The summed E-state index contributed by atoms with van der Waals surface area (Å²) in [5, 5.41) is 1.36. The third-order valence-corrected chi connectivity index (χ3v) is 5.94. The zero-order valence-corrected chi connectivity index (χ0v) is 15.5. The highest BCUT2D eigenvalue weighted by molar-refractivity contribution is 7.92. The molecule has 0 bridgehead atoms. The highest BCUT2D eigenvalue weighted by atomic mass is 32.2. The SMILES string of the molecule is CCCC(C)(C)/C=C/S(=O)(=O)N1CCN(c2ccc(F)cc2)CC1. The van der Waals surface area contributed by atoms with Crippen molar-refractivity contribution in [2.24, 2.45) is 5.41 Å². The summed E-state index contributed by atoms with van der Waals surface area (Å²) in [5.74, 6) is -0.264. The van der Waals surface area contributed by atoms with Crippen LogP contribution >= 0.6 is 0 Å². The zero-order chi connectivity index (χ0) is 17.8. The summed E-state index contributed by atoms with van der Waals surface area (Å²) in [5.41, 5.74) is 0.811. The monoisotopic (exact) mass is 354 g/mol. The van der Waals surface area contributed by atoms with Crippen LogP contribution in [-0.2, 0) is 10.0 Å². The number of allylic oxidation sites excluding steroid dienone is 1. The van der Waals surface area contributed by atoms with Gasteiger partial charge in [0.05, 0.1) is 0 Å². The highest BCUT2D eigenvalue weighted by Gasteiger charge is 2.26. The first-order chi connectivity index (χ1) is 11.2. The summed E-state index contributed by atoms with van der Waals surface area (Å²) in [6.07, 6.45) is 3.78. The molecule has 2 rings (SSSR count). The van der Waals surface area contributed by atoms with E-state index in [2.05, 4.69) is 25.7 Å². The van der Waals surface area contributed by atoms with E-state index >= 15 is 0 Å². The average molecular weight is 354 g/mol. The fourth-order valence-corrected chi connectivity index (χ4v) is 4.32. The van der Waals surface area contributed by atoms with Gasteiger partial charge in [0.2, 0.25) is 10.0 Å². The van der Waals surface area contributed by atoms with E-state index in [0.29, 0.717) is 26.2 Å². The van der Waals surface area contributed by atoms with Gasteiger partial charge < -0.3 is 4.90 Å². The molecule has 0 N–H and O–H groups in total. The van der Waals surface area contributed by atoms with Crippen molar-refractivity contribution < 1.29 is 12.8 Å². The van der Waals surface area contributed by atoms with Gasteiger partial charge in [0, 0.05) is 37.3 Å². The molecule has 0 amide bonds. The van der Waals surface area contributed by atoms with Crippen LogP contribution in [0.5, 0.6) is 0 Å². The summed E-state index contributed by atoms with van der Waals surface area (Å²) in [6, 6.07) is 6.31. The van der Waals surface area contributed by atoms with Crippen molar-refractivity contribution in [3.8, 4) is 0 Å². The third-order valence-electron chi connectivity index (χ3n) is 4.38. The standard InChI is InChI=1S/C18H27FN2O2S/c1-4-9-18(2,3)10-15-24(22,23)21-13-11-20(12-14-21)17-7-5-16(19)6-8-17/h5-8,10,15H,4,9,11-14H2,1-3H3/b15-10+. The zero-order valence-electron chi connectivity index (χ0n) is 14.7. The molecule has 0 saturated carbocycles. The lowest BCUT2D eigenvalue weighted by Gasteiger charge is -2.35. The highest BCUT2D eigenvalue weighted by Crippen LogP contribution is 2.25. The molecule has 0 aromatic heterocycles. The fraction of sp³-hybridized carbons (Fsp3) is 0.556. The second kappa shape index (κ2) is 7.66. The number of hydrogen-bond acceptors (Lipinski definition) is 3. The first-order valence-electron chi connectivity index (χ1n) is 8.43. The molecule has 1 fully saturated rings. The van der Waals surface area contributed by atoms with Crippen molar-refractivity contribution in [2.45, 2.75) is 33.6 Å². The molecule has 1 aromatic rings. The molecule has 1 aliphatic rings. The Morgan fingerprint density at radius 1 is 1.12 bits per heavy atom. The minimum Gasteiger partial charge on any atom is -0.369 e. The Hall–Kier alpha value is -1.40. The van der Waals surface area contributed by atoms with E-state index < -0.39 is 10.0 Å². The second-order valence-corrected chi connectivity index (χ2v) is 8.77. The molecule has 0 spiro atoms. The summed E-state index contributed by atoms with van der Waals surface area (Å²) >= 11 is 0. The maximum Gasteiger partial charge on any atom is 0.236 e. The Morgan fingerprint density at radius 3 is 2.25 bits per heavy atom. The van der Waals surface area contributed by atoms with Crippen LogP contribution in [0.15, 0.2) is 35.7 Å². The van der Waals surface area contributed by atoms with Crippen molar-refractivity contribution in [3.05, 3.63) is 41.6 Å². The van der Waals surface area contributed by atoms with E-state index in [1.54, 1.807) is 18.2 Å². The van der Waals surface area contributed by atoms with Gasteiger partial charge in [-0.05, 0) is 36.1 Å². The summed E-state index contributed by atoms with van der Waals surface area (Å²) < 4.78 is 39.5. The Kier molecular flexibility index (Phi) is 6.04. The van der Waals surface area contributed by atoms with Crippen LogP contribution in [0.2, 0.25) is 0 Å². The molecule has 1 heterocycles. The van der Waals surface area contributed by atoms with Crippen molar-refractivity contribution in [3.63, 3.8) is 0 Å². The number of halogens is 1. The van der Waals surface area contributed by atoms with Gasteiger partial charge in [-0.2, -0.15) is 4.31 Å². The van der Waals surface area contributed by atoms with Crippen molar-refractivity contribution in [1.29, 1.82) is 0 Å². The fourth-order valence-electron chi connectivity index (χ4n) is 2.94. The number of piperazine rings is 1. The second-order valence-electron chi connectivity index (χ2n) is 6.95. The van der Waals surface area contributed by atoms with E-state index in [4.69, 9.17) is 0 Å². The molecule has 1 saturated heterocycles. The molecule has 0 atom stereocenters. The predicted molar refractivity (Wildman–Crippen MR) is 96.9 cm³/mol. The quantitative estimate of drug-likeness (QED) is 0.783. The molecule has 1 aromatic carbocycles. The van der Waals surface area contributed by atoms with Crippen molar-refractivity contribution >= 4 is 15.7 Å². The van der Waals surface area contributed by atoms with Gasteiger partial charge in [-0.1, -0.05) is 33.3 Å². The number of benzene rings is 1. The largest absolute Gasteiger partial charge is 0.369 e. The van der Waals surface area contributed by atoms with Gasteiger partial charge in [0.25, 0.3) is 0 Å². The maximum atomic E-state index is 13.0. The van der Waals surface area contributed by atoms with Gasteiger partial charge >= 0.3 is 0 Å². The van der Waals surface area contributed by atoms with Crippen molar-refractivity contribution in [2.75, 3.05) is 31.1 Å². The molecule has 6 heteroatoms. The molecule has 0 unspecified atom stereocenters. The number of sulfonamides is 1. The van der Waals surface area contributed by atoms with Crippen LogP contribution < -0.4 is 4.90 Å². The normalized spacial score (nSPS) is 17.6. The molecular formula is C18H27FN2O2S. The third kappa shape index (κ3) is 5.05. The summed E-state index contributed by atoms with van der Waals surface area (Å²) in [7, 11) is -3.38.